The zero-order valence-electron chi connectivity index (χ0n) is 12.4. The highest BCUT2D eigenvalue weighted by atomic mass is 32.2. The van der Waals surface area contributed by atoms with E-state index in [4.69, 9.17) is 0 Å². The fourth-order valence-electron chi connectivity index (χ4n) is 2.08. The Morgan fingerprint density at radius 1 is 1.42 bits per heavy atom. The molecule has 0 saturated carbocycles. The number of hydrogen-bond donors (Lipinski definition) is 1. The summed E-state index contributed by atoms with van der Waals surface area (Å²) in [4.78, 5) is 15.4. The monoisotopic (exact) mass is 387 g/mol. The molecule has 0 amide bonds. The molecule has 0 fully saturated rings. The van der Waals surface area contributed by atoms with Crippen LogP contribution in [0.4, 0.5) is 11.6 Å². The summed E-state index contributed by atoms with van der Waals surface area (Å²) in [6, 6.07) is 3.21. The van der Waals surface area contributed by atoms with Crippen molar-refractivity contribution < 1.29 is 13.3 Å². The van der Waals surface area contributed by atoms with E-state index in [0.29, 0.717) is 4.96 Å². The van der Waals surface area contributed by atoms with Crippen LogP contribution < -0.4 is 5.32 Å². The van der Waals surface area contributed by atoms with E-state index in [9.17, 15) is 18.5 Å². The van der Waals surface area contributed by atoms with Crippen molar-refractivity contribution >= 4 is 49.3 Å². The van der Waals surface area contributed by atoms with Gasteiger partial charge in [0.15, 0.2) is 0 Å². The first-order valence-electron chi connectivity index (χ1n) is 6.75. The van der Waals surface area contributed by atoms with Crippen molar-refractivity contribution in [2.75, 3.05) is 25.5 Å². The molecule has 3 aromatic rings. The maximum absolute atomic E-state index is 12.3. The van der Waals surface area contributed by atoms with Crippen molar-refractivity contribution in [1.82, 2.24) is 13.7 Å². The standard InChI is InChI=1S/C12H13N5O4S3/c1-15(24(20,21)9-3-2-7-22-9)5-4-13-10-11(17(18)19)16-6-8-23-12(16)14-10/h2-3,6-8,13H,4-5H2,1H3. The second-order valence-corrected chi connectivity index (χ2v) is 8.87. The van der Waals surface area contributed by atoms with Gasteiger partial charge in [-0.2, -0.15) is 13.7 Å². The number of imidazole rings is 1. The number of anilines is 1. The average Bonchev–Trinajstić information content (AvgIpc) is 3.23. The summed E-state index contributed by atoms with van der Waals surface area (Å²) in [5.74, 6) is -0.0243. The molecule has 3 rings (SSSR count). The minimum absolute atomic E-state index is 0.133. The molecule has 0 radical (unpaired) electrons. The van der Waals surface area contributed by atoms with E-state index in [-0.39, 0.29) is 28.9 Å². The van der Waals surface area contributed by atoms with Gasteiger partial charge in [0, 0.05) is 25.5 Å². The summed E-state index contributed by atoms with van der Waals surface area (Å²) in [7, 11) is -2.07. The second-order valence-electron chi connectivity index (χ2n) is 4.78. The molecule has 0 atom stereocenters. The van der Waals surface area contributed by atoms with Gasteiger partial charge in [0.2, 0.25) is 5.82 Å². The summed E-state index contributed by atoms with van der Waals surface area (Å²) in [6.07, 6.45) is 1.57. The van der Waals surface area contributed by atoms with Crippen molar-refractivity contribution in [1.29, 1.82) is 0 Å². The molecule has 0 bridgehead atoms. The Kier molecular flexibility index (Phi) is 4.54. The number of likely N-dealkylation sites (N-methyl/N-ethyl adjacent to an activating group) is 1. The van der Waals surface area contributed by atoms with Crippen LogP contribution in [-0.2, 0) is 10.0 Å². The number of nitro groups is 1. The third-order valence-electron chi connectivity index (χ3n) is 3.29. The van der Waals surface area contributed by atoms with Crippen molar-refractivity contribution in [3.8, 4) is 0 Å². The Hall–Kier alpha value is -2.02. The zero-order chi connectivity index (χ0) is 17.3. The van der Waals surface area contributed by atoms with Crippen LogP contribution in [0, 0.1) is 10.1 Å². The highest BCUT2D eigenvalue weighted by Gasteiger charge is 2.25. The lowest BCUT2D eigenvalue weighted by Crippen LogP contribution is -2.31. The number of nitrogens with zero attached hydrogens (tertiary/aromatic N) is 4. The van der Waals surface area contributed by atoms with Crippen LogP contribution in [0.3, 0.4) is 0 Å². The van der Waals surface area contributed by atoms with Crippen LogP contribution in [0.5, 0.6) is 0 Å². The predicted octanol–water partition coefficient (Wildman–Crippen LogP) is 2.10. The molecule has 1 N–H and O–H groups in total. The lowest BCUT2D eigenvalue weighted by atomic mass is 10.5. The molecule has 0 aliphatic rings. The van der Waals surface area contributed by atoms with E-state index in [2.05, 4.69) is 10.3 Å². The molecule has 0 aliphatic heterocycles. The van der Waals surface area contributed by atoms with Crippen LogP contribution in [0.25, 0.3) is 4.96 Å². The van der Waals surface area contributed by atoms with Gasteiger partial charge in [0.05, 0.1) is 0 Å². The number of thiophene rings is 1. The molecular formula is C12H13N5O4S3. The Labute approximate surface area is 145 Å². The maximum Gasteiger partial charge on any atom is 0.372 e. The number of fused-ring (bicyclic) bond motifs is 1. The van der Waals surface area contributed by atoms with Crippen molar-refractivity contribution in [3.63, 3.8) is 0 Å². The third kappa shape index (κ3) is 3.00. The second kappa shape index (κ2) is 6.47. The summed E-state index contributed by atoms with van der Waals surface area (Å²) in [6.45, 7) is 0.356. The van der Waals surface area contributed by atoms with E-state index in [1.807, 2.05) is 0 Å². The van der Waals surface area contributed by atoms with Crippen LogP contribution in [0.15, 0.2) is 33.3 Å². The fraction of sp³-hybridized carbons (Fsp3) is 0.250. The van der Waals surface area contributed by atoms with E-state index in [1.54, 1.807) is 23.0 Å². The first-order valence-corrected chi connectivity index (χ1v) is 9.95. The molecular weight excluding hydrogens is 374 g/mol. The normalized spacial score (nSPS) is 12.1. The van der Waals surface area contributed by atoms with Crippen LogP contribution in [0.2, 0.25) is 0 Å². The number of nitrogens with one attached hydrogen (secondary N) is 1. The van der Waals surface area contributed by atoms with E-state index in [0.717, 1.165) is 11.3 Å². The van der Waals surface area contributed by atoms with Crippen molar-refractivity contribution in [2.45, 2.75) is 4.21 Å². The van der Waals surface area contributed by atoms with E-state index >= 15 is 0 Å². The largest absolute Gasteiger partial charge is 0.372 e. The molecule has 0 spiro atoms. The molecule has 3 heterocycles. The Morgan fingerprint density at radius 2 is 2.21 bits per heavy atom. The van der Waals surface area contributed by atoms with Crippen LogP contribution in [0.1, 0.15) is 0 Å². The van der Waals surface area contributed by atoms with Gasteiger partial charge in [0.1, 0.15) is 10.4 Å². The minimum atomic E-state index is -3.54. The number of hydrogen-bond acceptors (Lipinski definition) is 8. The molecule has 12 heteroatoms. The summed E-state index contributed by atoms with van der Waals surface area (Å²) in [5, 5.41) is 17.5. The number of aromatic nitrogens is 2. The third-order valence-corrected chi connectivity index (χ3v) is 7.28. The first kappa shape index (κ1) is 16.8. The molecule has 3 aromatic heterocycles. The smallest absolute Gasteiger partial charge is 0.362 e. The minimum Gasteiger partial charge on any atom is -0.362 e. The Morgan fingerprint density at radius 3 is 2.88 bits per heavy atom. The van der Waals surface area contributed by atoms with Crippen LogP contribution >= 0.6 is 22.7 Å². The predicted molar refractivity (Wildman–Crippen MR) is 92.3 cm³/mol. The number of thiazole rings is 1. The molecule has 0 unspecified atom stereocenters. The molecule has 0 aromatic carbocycles. The molecule has 9 nitrogen and oxygen atoms in total. The fourth-order valence-corrected chi connectivity index (χ4v) is 5.16. The topological polar surface area (TPSA) is 110 Å². The Balaban J connectivity index is 1.70. The quantitative estimate of drug-likeness (QED) is 0.491. The summed E-state index contributed by atoms with van der Waals surface area (Å²) >= 11 is 2.43. The van der Waals surface area contributed by atoms with E-state index in [1.165, 1.54) is 33.2 Å². The molecule has 24 heavy (non-hydrogen) atoms. The average molecular weight is 387 g/mol. The highest BCUT2D eigenvalue weighted by molar-refractivity contribution is 7.91. The zero-order valence-corrected chi connectivity index (χ0v) is 14.9. The van der Waals surface area contributed by atoms with Gasteiger partial charge in [-0.1, -0.05) is 17.4 Å². The lowest BCUT2D eigenvalue weighted by molar-refractivity contribution is -0.389. The summed E-state index contributed by atoms with van der Waals surface area (Å²) in [5.41, 5.74) is 0. The lowest BCUT2D eigenvalue weighted by Gasteiger charge is -2.16. The first-order chi connectivity index (χ1) is 11.4. The SMILES string of the molecule is CN(CCNc1nc2sccn2c1[N+](=O)[O-])S(=O)(=O)c1cccs1. The molecule has 128 valence electrons. The molecule has 0 aliphatic carbocycles. The van der Waals surface area contributed by atoms with Gasteiger partial charge in [-0.05, 0) is 16.4 Å². The van der Waals surface area contributed by atoms with Gasteiger partial charge in [0.25, 0.3) is 15.0 Å². The van der Waals surface area contributed by atoms with Gasteiger partial charge < -0.3 is 15.4 Å². The van der Waals surface area contributed by atoms with Gasteiger partial charge >= 0.3 is 5.82 Å². The number of sulfonamides is 1. The van der Waals surface area contributed by atoms with E-state index < -0.39 is 14.9 Å². The van der Waals surface area contributed by atoms with Crippen molar-refractivity contribution in [2.24, 2.45) is 0 Å². The van der Waals surface area contributed by atoms with Gasteiger partial charge in [-0.25, -0.2) is 8.42 Å². The molecule has 0 saturated heterocycles. The number of rotatable bonds is 7. The highest BCUT2D eigenvalue weighted by Crippen LogP contribution is 2.28. The Bertz CT molecular complexity index is 960. The summed E-state index contributed by atoms with van der Waals surface area (Å²) < 4.78 is 27.4. The van der Waals surface area contributed by atoms with Crippen molar-refractivity contribution in [3.05, 3.63) is 39.2 Å². The van der Waals surface area contributed by atoms with Gasteiger partial charge in [-0.15, -0.1) is 11.3 Å². The maximum atomic E-state index is 12.3. The van der Waals surface area contributed by atoms with Gasteiger partial charge in [-0.3, -0.25) is 0 Å². The van der Waals surface area contributed by atoms with Crippen LogP contribution in [-0.4, -0.2) is 47.2 Å².